The lowest BCUT2D eigenvalue weighted by molar-refractivity contribution is -0.132. The van der Waals surface area contributed by atoms with Crippen molar-refractivity contribution in [3.8, 4) is 0 Å². The van der Waals surface area contributed by atoms with Gasteiger partial charge in [-0.05, 0) is 49.1 Å². The van der Waals surface area contributed by atoms with Crippen LogP contribution >= 0.6 is 0 Å². The van der Waals surface area contributed by atoms with Crippen molar-refractivity contribution in [1.82, 2.24) is 9.80 Å². The zero-order valence-corrected chi connectivity index (χ0v) is 17.0. The molecule has 0 bridgehead atoms. The molecule has 0 amide bonds. The summed E-state index contributed by atoms with van der Waals surface area (Å²) in [6.45, 7) is 10.7. The van der Waals surface area contributed by atoms with Gasteiger partial charge < -0.3 is 14.7 Å². The molecular formula is C22H29FN2O3. The summed E-state index contributed by atoms with van der Waals surface area (Å²) in [6, 6.07) is 6.64. The summed E-state index contributed by atoms with van der Waals surface area (Å²) in [5.74, 6) is -1.15. The molecule has 1 aromatic carbocycles. The third kappa shape index (κ3) is 4.13. The van der Waals surface area contributed by atoms with Gasteiger partial charge in [-0.15, -0.1) is 0 Å². The van der Waals surface area contributed by atoms with Gasteiger partial charge in [0, 0.05) is 24.8 Å². The van der Waals surface area contributed by atoms with Gasteiger partial charge in [0.25, 0.3) is 0 Å². The predicted octanol–water partition coefficient (Wildman–Crippen LogP) is 3.63. The Morgan fingerprint density at radius 1 is 1.32 bits per heavy atom. The number of halogens is 1. The number of morpholine rings is 1. The molecule has 1 aromatic rings. The van der Waals surface area contributed by atoms with Gasteiger partial charge in [-0.1, -0.05) is 26.0 Å². The molecule has 1 fully saturated rings. The molecule has 6 heteroatoms. The molecule has 2 heterocycles. The van der Waals surface area contributed by atoms with E-state index in [1.165, 1.54) is 12.1 Å². The van der Waals surface area contributed by atoms with Crippen molar-refractivity contribution in [3.05, 3.63) is 58.6 Å². The molecule has 0 radical (unpaired) electrons. The lowest BCUT2D eigenvalue weighted by Gasteiger charge is -2.48. The van der Waals surface area contributed by atoms with Crippen molar-refractivity contribution in [2.75, 3.05) is 19.8 Å². The Balaban J connectivity index is 2.06. The Kier molecular flexibility index (Phi) is 6.20. The van der Waals surface area contributed by atoms with Crippen molar-refractivity contribution in [3.63, 3.8) is 0 Å². The van der Waals surface area contributed by atoms with E-state index in [0.717, 1.165) is 23.4 Å². The quantitative estimate of drug-likeness (QED) is 0.835. The van der Waals surface area contributed by atoms with Crippen LogP contribution in [-0.4, -0.2) is 52.8 Å². The molecule has 2 aliphatic rings. The number of carboxylic acids is 1. The zero-order chi connectivity index (χ0) is 20.4. The summed E-state index contributed by atoms with van der Waals surface area (Å²) < 4.78 is 19.0. The van der Waals surface area contributed by atoms with Crippen LogP contribution in [0.5, 0.6) is 0 Å². The average molecular weight is 388 g/mol. The monoisotopic (exact) mass is 388 g/mol. The fourth-order valence-electron chi connectivity index (χ4n) is 4.16. The molecule has 0 saturated carbocycles. The second-order valence-electron chi connectivity index (χ2n) is 7.90. The van der Waals surface area contributed by atoms with Crippen LogP contribution in [0.1, 0.15) is 33.3 Å². The number of allylic oxidation sites excluding steroid dienone is 1. The summed E-state index contributed by atoms with van der Waals surface area (Å²) in [4.78, 5) is 16.6. The minimum absolute atomic E-state index is 0.0362. The molecule has 2 aliphatic heterocycles. The van der Waals surface area contributed by atoms with Gasteiger partial charge in [0.05, 0.1) is 18.8 Å². The molecule has 5 nitrogen and oxygen atoms in total. The smallest absolute Gasteiger partial charge is 0.337 e. The number of nitrogens with zero attached hydrogens (tertiary/aromatic N) is 2. The van der Waals surface area contributed by atoms with Gasteiger partial charge in [-0.3, -0.25) is 4.90 Å². The molecule has 0 aromatic heterocycles. The topological polar surface area (TPSA) is 53.0 Å². The van der Waals surface area contributed by atoms with E-state index in [2.05, 4.69) is 16.7 Å². The number of aliphatic carboxylic acids is 1. The molecule has 28 heavy (non-hydrogen) atoms. The van der Waals surface area contributed by atoms with Crippen LogP contribution in [0.4, 0.5) is 4.39 Å². The fourth-order valence-corrected chi connectivity index (χ4v) is 4.16. The number of carbonyl (C=O) groups is 1. The zero-order valence-electron chi connectivity index (χ0n) is 17.0. The molecule has 3 rings (SSSR count). The Hall–Kier alpha value is -2.18. The standard InChI is InChI=1S/C22H29FN2O3/c1-14(2)21-20(22(26)27)15(3)11-19(24-9-10-28-13-16(24)4)25(21)12-17-5-7-18(23)8-6-17/h5-8,11,14,16,19H,9-10,12-13H2,1-4H3,(H,26,27)/t16-,19?/m1/s1. The maximum absolute atomic E-state index is 13.4. The van der Waals surface area contributed by atoms with Gasteiger partial charge in [0.1, 0.15) is 12.0 Å². The van der Waals surface area contributed by atoms with Gasteiger partial charge in [-0.25, -0.2) is 9.18 Å². The van der Waals surface area contributed by atoms with Crippen molar-refractivity contribution < 1.29 is 19.0 Å². The number of ether oxygens (including phenoxy) is 1. The first-order valence-electron chi connectivity index (χ1n) is 9.80. The number of rotatable bonds is 5. The third-order valence-corrected chi connectivity index (χ3v) is 5.46. The molecule has 2 atom stereocenters. The lowest BCUT2D eigenvalue weighted by Crippen LogP contribution is -2.56. The Labute approximate surface area is 166 Å². The van der Waals surface area contributed by atoms with E-state index in [0.29, 0.717) is 25.3 Å². The van der Waals surface area contributed by atoms with E-state index >= 15 is 0 Å². The first-order chi connectivity index (χ1) is 13.3. The van der Waals surface area contributed by atoms with E-state index in [4.69, 9.17) is 4.74 Å². The Morgan fingerprint density at radius 2 is 2.00 bits per heavy atom. The summed E-state index contributed by atoms with van der Waals surface area (Å²) in [5, 5.41) is 9.89. The van der Waals surface area contributed by atoms with Crippen molar-refractivity contribution in [2.45, 2.75) is 46.4 Å². The number of carboxylic acid groups (broad SMARTS) is 1. The van der Waals surface area contributed by atoms with Crippen LogP contribution in [0, 0.1) is 11.7 Å². The summed E-state index contributed by atoms with van der Waals surface area (Å²) in [5.41, 5.74) is 2.92. The number of hydrogen-bond donors (Lipinski definition) is 1. The molecule has 152 valence electrons. The number of benzene rings is 1. The average Bonchev–Trinajstić information content (AvgIpc) is 2.64. The Bertz CT molecular complexity index is 785. The van der Waals surface area contributed by atoms with Crippen LogP contribution in [0.3, 0.4) is 0 Å². The fraction of sp³-hybridized carbons (Fsp3) is 0.500. The lowest BCUT2D eigenvalue weighted by atomic mass is 9.91. The normalized spacial score (nSPS) is 23.9. The largest absolute Gasteiger partial charge is 0.478 e. The highest BCUT2D eigenvalue weighted by Crippen LogP contribution is 2.35. The molecular weight excluding hydrogens is 359 g/mol. The van der Waals surface area contributed by atoms with Gasteiger partial charge in [-0.2, -0.15) is 0 Å². The van der Waals surface area contributed by atoms with Crippen LogP contribution in [0.25, 0.3) is 0 Å². The summed E-state index contributed by atoms with van der Waals surface area (Å²) in [6.07, 6.45) is 1.98. The maximum Gasteiger partial charge on any atom is 0.337 e. The Morgan fingerprint density at radius 3 is 2.57 bits per heavy atom. The summed E-state index contributed by atoms with van der Waals surface area (Å²) >= 11 is 0. The first-order valence-corrected chi connectivity index (χ1v) is 9.80. The number of hydrogen-bond acceptors (Lipinski definition) is 4. The van der Waals surface area contributed by atoms with Gasteiger partial charge in [0.2, 0.25) is 0 Å². The second-order valence-corrected chi connectivity index (χ2v) is 7.90. The highest BCUT2D eigenvalue weighted by molar-refractivity contribution is 5.93. The molecule has 1 saturated heterocycles. The molecule has 1 unspecified atom stereocenters. The van der Waals surface area contributed by atoms with Crippen molar-refractivity contribution in [1.29, 1.82) is 0 Å². The molecule has 0 aliphatic carbocycles. The van der Waals surface area contributed by atoms with Gasteiger partial charge in [0.15, 0.2) is 0 Å². The maximum atomic E-state index is 13.4. The van der Waals surface area contributed by atoms with Crippen molar-refractivity contribution in [2.24, 2.45) is 5.92 Å². The van der Waals surface area contributed by atoms with E-state index in [-0.39, 0.29) is 23.9 Å². The molecule has 0 spiro atoms. The SMILES string of the molecule is CC1=CC(N2CCOC[C@H]2C)N(Cc2ccc(F)cc2)C(C(C)C)=C1C(=O)O. The highest BCUT2D eigenvalue weighted by Gasteiger charge is 2.37. The highest BCUT2D eigenvalue weighted by atomic mass is 19.1. The molecule has 1 N–H and O–H groups in total. The van der Waals surface area contributed by atoms with Crippen LogP contribution in [0.15, 0.2) is 47.2 Å². The van der Waals surface area contributed by atoms with Crippen molar-refractivity contribution >= 4 is 5.97 Å². The minimum Gasteiger partial charge on any atom is -0.478 e. The van der Waals surface area contributed by atoms with E-state index in [1.54, 1.807) is 12.1 Å². The third-order valence-electron chi connectivity index (χ3n) is 5.46. The second kappa shape index (κ2) is 8.45. The van der Waals surface area contributed by atoms with E-state index < -0.39 is 5.97 Å². The predicted molar refractivity (Wildman–Crippen MR) is 106 cm³/mol. The summed E-state index contributed by atoms with van der Waals surface area (Å²) in [7, 11) is 0. The van der Waals surface area contributed by atoms with E-state index in [1.807, 2.05) is 26.8 Å². The van der Waals surface area contributed by atoms with Gasteiger partial charge >= 0.3 is 5.97 Å². The minimum atomic E-state index is -0.907. The van der Waals surface area contributed by atoms with Crippen LogP contribution in [-0.2, 0) is 16.1 Å². The first kappa shape index (κ1) is 20.6. The van der Waals surface area contributed by atoms with Crippen LogP contribution in [0.2, 0.25) is 0 Å². The van der Waals surface area contributed by atoms with Crippen LogP contribution < -0.4 is 0 Å². The van der Waals surface area contributed by atoms with E-state index in [9.17, 15) is 14.3 Å².